The zero-order valence-corrected chi connectivity index (χ0v) is 12.0. The Hall–Kier alpha value is -0.480. The van der Waals surface area contributed by atoms with E-state index in [2.05, 4.69) is 16.9 Å². The molecule has 1 heterocycles. The van der Waals surface area contributed by atoms with Crippen LogP contribution in [0.2, 0.25) is 5.15 Å². The highest BCUT2D eigenvalue weighted by Crippen LogP contribution is 2.19. The van der Waals surface area contributed by atoms with E-state index in [9.17, 15) is 0 Å². The summed E-state index contributed by atoms with van der Waals surface area (Å²) in [7, 11) is 0. The molecule has 5 heteroatoms. The van der Waals surface area contributed by atoms with Crippen LogP contribution in [-0.4, -0.2) is 22.8 Å². The van der Waals surface area contributed by atoms with Gasteiger partial charge in [0.05, 0.1) is 6.61 Å². The third kappa shape index (κ3) is 6.13. The summed E-state index contributed by atoms with van der Waals surface area (Å²) >= 11 is 7.33. The Bertz CT molecular complexity index is 336. The summed E-state index contributed by atoms with van der Waals surface area (Å²) < 4.78 is 5.56. The molecule has 0 aliphatic carbocycles. The molecule has 0 fully saturated rings. The molecule has 0 N–H and O–H groups in total. The summed E-state index contributed by atoms with van der Waals surface area (Å²) in [5.41, 5.74) is 0. The fourth-order valence-corrected chi connectivity index (χ4v) is 2.02. The number of nitrogens with zero attached hydrogens (tertiary/aromatic N) is 2. The van der Waals surface area contributed by atoms with Gasteiger partial charge in [0.15, 0.2) is 5.16 Å². The minimum Gasteiger partial charge on any atom is -0.478 e. The molecule has 0 unspecified atom stereocenters. The highest BCUT2D eigenvalue weighted by Gasteiger charge is 2.03. The molecular formula is C12H19ClN2OS. The highest BCUT2D eigenvalue weighted by atomic mass is 35.5. The summed E-state index contributed by atoms with van der Waals surface area (Å²) in [6, 6.07) is 1.66. The van der Waals surface area contributed by atoms with Gasteiger partial charge in [0.1, 0.15) is 5.15 Å². The first-order chi connectivity index (χ1) is 8.26. The second-order valence-electron chi connectivity index (χ2n) is 3.78. The maximum atomic E-state index is 5.87. The van der Waals surface area contributed by atoms with Crippen molar-refractivity contribution in [1.82, 2.24) is 9.97 Å². The smallest absolute Gasteiger partial charge is 0.218 e. The Labute approximate surface area is 112 Å². The van der Waals surface area contributed by atoms with Gasteiger partial charge in [0.2, 0.25) is 5.88 Å². The van der Waals surface area contributed by atoms with Gasteiger partial charge < -0.3 is 4.74 Å². The number of hydrogen-bond donors (Lipinski definition) is 0. The number of halogens is 1. The average molecular weight is 275 g/mol. The fourth-order valence-electron chi connectivity index (χ4n) is 1.42. The molecule has 96 valence electrons. The van der Waals surface area contributed by atoms with Crippen molar-refractivity contribution in [3.05, 3.63) is 11.2 Å². The Balaban J connectivity index is 2.28. The predicted molar refractivity (Wildman–Crippen MR) is 73.1 cm³/mol. The summed E-state index contributed by atoms with van der Waals surface area (Å²) in [6.45, 7) is 2.91. The number of ether oxygens (including phenoxy) is 1. The lowest BCUT2D eigenvalue weighted by atomic mass is 10.2. The summed E-state index contributed by atoms with van der Waals surface area (Å²) in [4.78, 5) is 8.29. The van der Waals surface area contributed by atoms with Crippen LogP contribution in [-0.2, 0) is 0 Å². The summed E-state index contributed by atoms with van der Waals surface area (Å²) in [5, 5.41) is 1.09. The van der Waals surface area contributed by atoms with Crippen LogP contribution < -0.4 is 4.74 Å². The van der Waals surface area contributed by atoms with Gasteiger partial charge in [-0.2, -0.15) is 4.98 Å². The van der Waals surface area contributed by atoms with E-state index in [1.54, 1.807) is 6.07 Å². The molecule has 0 amide bonds. The molecule has 0 saturated carbocycles. The van der Waals surface area contributed by atoms with Crippen LogP contribution >= 0.6 is 23.4 Å². The van der Waals surface area contributed by atoms with Crippen molar-refractivity contribution in [2.24, 2.45) is 0 Å². The van der Waals surface area contributed by atoms with Crippen LogP contribution in [0, 0.1) is 0 Å². The average Bonchev–Trinajstić information content (AvgIpc) is 2.33. The second-order valence-corrected chi connectivity index (χ2v) is 4.94. The fraction of sp³-hybridized carbons (Fsp3) is 0.667. The van der Waals surface area contributed by atoms with Crippen molar-refractivity contribution in [2.75, 3.05) is 12.9 Å². The van der Waals surface area contributed by atoms with Crippen molar-refractivity contribution in [1.29, 1.82) is 0 Å². The first-order valence-corrected chi connectivity index (χ1v) is 7.58. The summed E-state index contributed by atoms with van der Waals surface area (Å²) in [5.74, 6) is 0.574. The van der Waals surface area contributed by atoms with Crippen molar-refractivity contribution < 1.29 is 4.74 Å². The molecule has 0 bridgehead atoms. The maximum absolute atomic E-state index is 5.87. The van der Waals surface area contributed by atoms with Crippen LogP contribution in [0.4, 0.5) is 0 Å². The topological polar surface area (TPSA) is 35.0 Å². The normalized spacial score (nSPS) is 10.5. The quantitative estimate of drug-likeness (QED) is 0.308. The van der Waals surface area contributed by atoms with Crippen LogP contribution in [0.1, 0.15) is 39.0 Å². The number of unbranched alkanes of at least 4 members (excludes halogenated alkanes) is 4. The molecule has 1 aromatic rings. The van der Waals surface area contributed by atoms with Crippen LogP contribution in [0.5, 0.6) is 5.88 Å². The van der Waals surface area contributed by atoms with Crippen LogP contribution in [0.15, 0.2) is 11.2 Å². The molecule has 0 radical (unpaired) electrons. The standard InChI is InChI=1S/C12H19ClN2OS/c1-3-4-5-6-7-8-16-11-9-10(13)14-12(15-11)17-2/h9H,3-8H2,1-2H3. The van der Waals surface area contributed by atoms with E-state index in [4.69, 9.17) is 16.3 Å². The molecule has 0 aliphatic rings. The van der Waals surface area contributed by atoms with E-state index in [0.717, 1.165) is 6.42 Å². The second kappa shape index (κ2) is 8.59. The van der Waals surface area contributed by atoms with Crippen molar-refractivity contribution in [2.45, 2.75) is 44.2 Å². The van der Waals surface area contributed by atoms with Crippen molar-refractivity contribution in [3.8, 4) is 5.88 Å². The summed E-state index contributed by atoms with van der Waals surface area (Å²) in [6.07, 6.45) is 8.04. The predicted octanol–water partition coefficient (Wildman–Crippen LogP) is 4.20. The van der Waals surface area contributed by atoms with E-state index in [0.29, 0.717) is 22.8 Å². The zero-order chi connectivity index (χ0) is 12.5. The third-order valence-corrected chi connectivity index (χ3v) is 3.07. The van der Waals surface area contributed by atoms with Crippen molar-refractivity contribution in [3.63, 3.8) is 0 Å². The van der Waals surface area contributed by atoms with Gasteiger partial charge in [0, 0.05) is 6.07 Å². The Morgan fingerprint density at radius 3 is 2.71 bits per heavy atom. The van der Waals surface area contributed by atoms with Gasteiger partial charge in [-0.1, -0.05) is 56.0 Å². The lowest BCUT2D eigenvalue weighted by molar-refractivity contribution is 0.290. The number of thioether (sulfide) groups is 1. The lowest BCUT2D eigenvalue weighted by Crippen LogP contribution is -2.00. The molecule has 0 aliphatic heterocycles. The Morgan fingerprint density at radius 2 is 2.00 bits per heavy atom. The number of hydrogen-bond acceptors (Lipinski definition) is 4. The molecule has 17 heavy (non-hydrogen) atoms. The van der Waals surface area contributed by atoms with E-state index >= 15 is 0 Å². The van der Waals surface area contributed by atoms with E-state index in [1.165, 1.54) is 37.4 Å². The minimum atomic E-state index is 0.435. The van der Waals surface area contributed by atoms with Gasteiger partial charge >= 0.3 is 0 Å². The van der Waals surface area contributed by atoms with Gasteiger partial charge in [-0.3, -0.25) is 0 Å². The lowest BCUT2D eigenvalue weighted by Gasteiger charge is -2.06. The van der Waals surface area contributed by atoms with E-state index in [1.807, 2.05) is 6.26 Å². The van der Waals surface area contributed by atoms with Crippen LogP contribution in [0.25, 0.3) is 0 Å². The molecular weight excluding hydrogens is 256 g/mol. The number of rotatable bonds is 8. The Kier molecular flexibility index (Phi) is 7.37. The Morgan fingerprint density at radius 1 is 1.24 bits per heavy atom. The van der Waals surface area contributed by atoms with Gasteiger partial charge in [-0.15, -0.1) is 0 Å². The molecule has 0 atom stereocenters. The van der Waals surface area contributed by atoms with Crippen molar-refractivity contribution >= 4 is 23.4 Å². The molecule has 1 aromatic heterocycles. The van der Waals surface area contributed by atoms with Gasteiger partial charge in [-0.25, -0.2) is 4.98 Å². The van der Waals surface area contributed by atoms with Gasteiger partial charge in [-0.05, 0) is 12.7 Å². The van der Waals surface area contributed by atoms with E-state index < -0.39 is 0 Å². The monoisotopic (exact) mass is 274 g/mol. The first-order valence-electron chi connectivity index (χ1n) is 5.97. The molecule has 3 nitrogen and oxygen atoms in total. The molecule has 0 spiro atoms. The number of aromatic nitrogens is 2. The molecule has 0 saturated heterocycles. The largest absolute Gasteiger partial charge is 0.478 e. The third-order valence-electron chi connectivity index (χ3n) is 2.33. The molecule has 0 aromatic carbocycles. The van der Waals surface area contributed by atoms with Gasteiger partial charge in [0.25, 0.3) is 0 Å². The SMILES string of the molecule is CCCCCCCOc1cc(Cl)nc(SC)n1. The zero-order valence-electron chi connectivity index (χ0n) is 10.4. The van der Waals surface area contributed by atoms with E-state index in [-0.39, 0.29) is 0 Å². The highest BCUT2D eigenvalue weighted by molar-refractivity contribution is 7.98. The minimum absolute atomic E-state index is 0.435. The van der Waals surface area contributed by atoms with Crippen LogP contribution in [0.3, 0.4) is 0 Å². The maximum Gasteiger partial charge on any atom is 0.218 e. The first kappa shape index (κ1) is 14.6. The molecule has 1 rings (SSSR count).